The summed E-state index contributed by atoms with van der Waals surface area (Å²) in [7, 11) is -2.09. The van der Waals surface area contributed by atoms with Crippen molar-refractivity contribution in [1.29, 1.82) is 0 Å². The molecule has 2 aromatic carbocycles. The van der Waals surface area contributed by atoms with Gasteiger partial charge in [-0.1, -0.05) is 17.7 Å². The fourth-order valence-electron chi connectivity index (χ4n) is 5.09. The molecular formula is C27H30F2N6O6S. The first kappa shape index (κ1) is 30.4. The van der Waals surface area contributed by atoms with E-state index in [4.69, 9.17) is 0 Å². The number of nitrogens with zero attached hydrogens (tertiary/aromatic N) is 3. The maximum absolute atomic E-state index is 15.4. The first-order valence-corrected chi connectivity index (χ1v) is 14.0. The van der Waals surface area contributed by atoms with Crippen molar-refractivity contribution in [2.24, 2.45) is 12.0 Å². The second kappa shape index (κ2) is 12.1. The summed E-state index contributed by atoms with van der Waals surface area (Å²) >= 11 is 0. The Bertz CT molecular complexity index is 1740. The molecule has 1 atom stereocenters. The van der Waals surface area contributed by atoms with Gasteiger partial charge in [0.15, 0.2) is 17.8 Å². The topological polar surface area (TPSA) is 162 Å². The van der Waals surface area contributed by atoms with E-state index in [-0.39, 0.29) is 23.3 Å². The molecule has 224 valence electrons. The van der Waals surface area contributed by atoms with Crippen molar-refractivity contribution >= 4 is 45.3 Å². The summed E-state index contributed by atoms with van der Waals surface area (Å²) in [6, 6.07) is 2.49. The third-order valence-electron chi connectivity index (χ3n) is 6.88. The number of carbonyl (C=O) groups excluding carboxylic acids is 1. The summed E-state index contributed by atoms with van der Waals surface area (Å²) < 4.78 is 56.7. The maximum Gasteiger partial charge on any atom is 0.329 e. The van der Waals surface area contributed by atoms with E-state index in [1.54, 1.807) is 26.0 Å². The van der Waals surface area contributed by atoms with Gasteiger partial charge in [0.2, 0.25) is 16.3 Å². The number of benzene rings is 2. The van der Waals surface area contributed by atoms with E-state index in [1.807, 2.05) is 6.92 Å². The quantitative estimate of drug-likeness (QED) is 0.226. The first-order chi connectivity index (χ1) is 19.8. The van der Waals surface area contributed by atoms with Crippen LogP contribution >= 0.6 is 0 Å². The average Bonchev–Trinajstić information content (AvgIpc) is 3.42. The van der Waals surface area contributed by atoms with E-state index in [0.29, 0.717) is 34.5 Å². The predicted octanol–water partition coefficient (Wildman–Crippen LogP) is 1.01. The van der Waals surface area contributed by atoms with E-state index >= 15 is 4.39 Å². The highest BCUT2D eigenvalue weighted by molar-refractivity contribution is 7.74. The van der Waals surface area contributed by atoms with Gasteiger partial charge in [-0.05, 0) is 38.0 Å². The number of halogens is 2. The minimum atomic E-state index is -3.46. The lowest BCUT2D eigenvalue weighted by molar-refractivity contribution is -0.138. The van der Waals surface area contributed by atoms with Gasteiger partial charge in [-0.2, -0.15) is 0 Å². The van der Waals surface area contributed by atoms with E-state index < -0.39 is 63.4 Å². The number of amides is 1. The van der Waals surface area contributed by atoms with Crippen LogP contribution in [-0.2, 0) is 29.3 Å². The number of aliphatic carboxylic acids is 1. The van der Waals surface area contributed by atoms with Gasteiger partial charge in [-0.3, -0.25) is 18.9 Å². The standard InChI is InChI=1S/C27H30F2N6O6S/c1-13-7-14(2)22(15(3)8-13)35(42(40)41)20(26(38)39)11-32-25(37)18-12-34(4)23-16(24(18)36)9-19(28)17(21(23)29)10-33-27-30-5-6-31-27/h7-9,12,20,42H,5-6,10-11H2,1-4H3,(H,32,37)(H,38,39)(H2,30,31,33). The molecule has 3 aromatic rings. The van der Waals surface area contributed by atoms with Gasteiger partial charge in [0.05, 0.1) is 29.7 Å². The maximum atomic E-state index is 15.4. The molecule has 1 aromatic heterocycles. The first-order valence-electron chi connectivity index (χ1n) is 12.9. The summed E-state index contributed by atoms with van der Waals surface area (Å²) in [4.78, 5) is 42.5. The number of aryl methyl sites for hydroxylation is 4. The van der Waals surface area contributed by atoms with Gasteiger partial charge in [-0.15, -0.1) is 0 Å². The number of guanidine groups is 1. The van der Waals surface area contributed by atoms with E-state index in [1.165, 1.54) is 7.05 Å². The summed E-state index contributed by atoms with van der Waals surface area (Å²) in [5.74, 6) is -4.19. The van der Waals surface area contributed by atoms with Crippen LogP contribution in [0.25, 0.3) is 10.9 Å². The molecule has 0 aliphatic carbocycles. The van der Waals surface area contributed by atoms with Gasteiger partial charge in [0.1, 0.15) is 11.4 Å². The van der Waals surface area contributed by atoms with Crippen LogP contribution < -0.4 is 25.7 Å². The second-order valence-electron chi connectivity index (χ2n) is 9.93. The normalized spacial score (nSPS) is 13.5. The number of rotatable bonds is 9. The third kappa shape index (κ3) is 5.91. The number of thiol groups is 1. The number of hydrogen-bond acceptors (Lipinski definition) is 8. The van der Waals surface area contributed by atoms with Gasteiger partial charge >= 0.3 is 5.97 Å². The Morgan fingerprint density at radius 2 is 1.86 bits per heavy atom. The molecule has 0 saturated carbocycles. The van der Waals surface area contributed by atoms with Gasteiger partial charge in [0.25, 0.3) is 5.91 Å². The Labute approximate surface area is 241 Å². The highest BCUT2D eigenvalue weighted by Crippen LogP contribution is 2.28. The summed E-state index contributed by atoms with van der Waals surface area (Å²) in [5, 5.41) is 17.5. The Morgan fingerprint density at radius 3 is 2.43 bits per heavy atom. The van der Waals surface area contributed by atoms with Gasteiger partial charge in [0, 0.05) is 31.9 Å². The number of carboxylic acids is 1. The van der Waals surface area contributed by atoms with E-state index in [9.17, 15) is 32.3 Å². The smallest absolute Gasteiger partial charge is 0.329 e. The highest BCUT2D eigenvalue weighted by Gasteiger charge is 2.31. The van der Waals surface area contributed by atoms with Crippen LogP contribution in [0, 0.1) is 32.4 Å². The largest absolute Gasteiger partial charge is 0.480 e. The average molecular weight is 605 g/mol. The van der Waals surface area contributed by atoms with Crippen LogP contribution in [0.3, 0.4) is 0 Å². The number of carbonyl (C=O) groups is 2. The SMILES string of the molecule is Cc1cc(C)c(N(C(CNC(=O)c2cn(C)c3c(F)c(CNC4=NCCN4)c(F)cc3c2=O)C(=O)O)[SH](=O)=O)c(C)c1. The molecule has 1 aliphatic heterocycles. The minimum Gasteiger partial charge on any atom is -0.480 e. The molecule has 0 bridgehead atoms. The Hall–Kier alpha value is -4.53. The molecule has 4 rings (SSSR count). The molecule has 1 amide bonds. The molecule has 0 radical (unpaired) electrons. The number of hydrogen-bond donors (Lipinski definition) is 5. The number of nitrogens with one attached hydrogen (secondary N) is 3. The molecule has 2 heterocycles. The van der Waals surface area contributed by atoms with Crippen LogP contribution in [-0.4, -0.2) is 61.6 Å². The lowest BCUT2D eigenvalue weighted by Gasteiger charge is -2.28. The molecule has 42 heavy (non-hydrogen) atoms. The molecular weight excluding hydrogens is 574 g/mol. The third-order valence-corrected chi connectivity index (χ3v) is 7.71. The highest BCUT2D eigenvalue weighted by atomic mass is 32.2. The lowest BCUT2D eigenvalue weighted by Crippen LogP contribution is -2.49. The van der Waals surface area contributed by atoms with Crippen molar-refractivity contribution in [1.82, 2.24) is 20.5 Å². The molecule has 1 unspecified atom stereocenters. The van der Waals surface area contributed by atoms with Crippen molar-refractivity contribution in [2.45, 2.75) is 33.4 Å². The minimum absolute atomic E-state index is 0.159. The lowest BCUT2D eigenvalue weighted by atomic mass is 10.0. The number of carboxylic acid groups (broad SMARTS) is 1. The number of aliphatic imine (C=N–C) groups is 1. The molecule has 4 N–H and O–H groups in total. The predicted molar refractivity (Wildman–Crippen MR) is 153 cm³/mol. The molecule has 0 spiro atoms. The Morgan fingerprint density at radius 1 is 1.19 bits per heavy atom. The Balaban J connectivity index is 1.65. The number of anilines is 1. The van der Waals surface area contributed by atoms with Crippen molar-refractivity contribution < 1.29 is 31.9 Å². The molecule has 0 fully saturated rings. The van der Waals surface area contributed by atoms with Crippen molar-refractivity contribution in [3.63, 3.8) is 0 Å². The van der Waals surface area contributed by atoms with Gasteiger partial charge in [-0.25, -0.2) is 22.0 Å². The Kier molecular flexibility index (Phi) is 8.80. The molecule has 12 nitrogen and oxygen atoms in total. The zero-order valence-corrected chi connectivity index (χ0v) is 24.1. The monoisotopic (exact) mass is 604 g/mol. The van der Waals surface area contributed by atoms with Gasteiger partial charge < -0.3 is 25.6 Å². The number of pyridine rings is 1. The van der Waals surface area contributed by atoms with Crippen molar-refractivity contribution in [2.75, 3.05) is 23.9 Å². The molecule has 1 aliphatic rings. The van der Waals surface area contributed by atoms with Crippen molar-refractivity contribution in [3.8, 4) is 0 Å². The molecule has 0 saturated heterocycles. The van der Waals surface area contributed by atoms with E-state index in [0.717, 1.165) is 22.4 Å². The number of aromatic nitrogens is 1. The molecule has 15 heteroatoms. The summed E-state index contributed by atoms with van der Waals surface area (Å²) in [5.41, 5.74) is -0.0286. The second-order valence-corrected chi connectivity index (χ2v) is 10.8. The fourth-order valence-corrected chi connectivity index (χ4v) is 5.98. The summed E-state index contributed by atoms with van der Waals surface area (Å²) in [6.45, 7) is 5.25. The number of fused-ring (bicyclic) bond motifs is 1. The summed E-state index contributed by atoms with van der Waals surface area (Å²) in [6.07, 6.45) is 1.05. The van der Waals surface area contributed by atoms with Crippen LogP contribution in [0.15, 0.2) is 34.2 Å². The van der Waals surface area contributed by atoms with Crippen LogP contribution in [0.2, 0.25) is 0 Å². The van der Waals surface area contributed by atoms with Crippen molar-refractivity contribution in [3.05, 3.63) is 74.1 Å². The zero-order valence-electron chi connectivity index (χ0n) is 23.2. The van der Waals surface area contributed by atoms with E-state index in [2.05, 4.69) is 20.9 Å². The van der Waals surface area contributed by atoms with Crippen LogP contribution in [0.1, 0.15) is 32.6 Å². The van der Waals surface area contributed by atoms with Crippen LogP contribution in [0.5, 0.6) is 0 Å². The zero-order chi connectivity index (χ0) is 30.9. The fraction of sp³-hybridized carbons (Fsp3) is 0.333. The van der Waals surface area contributed by atoms with Crippen LogP contribution in [0.4, 0.5) is 14.5 Å².